The van der Waals surface area contributed by atoms with E-state index >= 15 is 0 Å². The summed E-state index contributed by atoms with van der Waals surface area (Å²) in [6.07, 6.45) is 10.1. The van der Waals surface area contributed by atoms with E-state index < -0.39 is 0 Å². The van der Waals surface area contributed by atoms with Crippen molar-refractivity contribution in [3.8, 4) is 0 Å². The van der Waals surface area contributed by atoms with Gasteiger partial charge >= 0.3 is 6.03 Å². The van der Waals surface area contributed by atoms with Gasteiger partial charge < -0.3 is 19.7 Å². The monoisotopic (exact) mass is 535 g/mol. The lowest BCUT2D eigenvalue weighted by Crippen LogP contribution is -2.17. The fourth-order valence-electron chi connectivity index (χ4n) is 3.67. The van der Waals surface area contributed by atoms with E-state index in [1.165, 1.54) is 11.5 Å². The van der Waals surface area contributed by atoms with E-state index in [9.17, 15) is 9.59 Å². The van der Waals surface area contributed by atoms with Crippen molar-refractivity contribution in [1.82, 2.24) is 34.4 Å². The summed E-state index contributed by atoms with van der Waals surface area (Å²) < 4.78 is 15.1. The lowest BCUT2D eigenvalue weighted by molar-refractivity contribution is -0.114. The Morgan fingerprint density at radius 3 is 1.67 bits per heavy atom. The molecule has 0 aliphatic heterocycles. The Balaban J connectivity index is 0.000000215. The number of carbonyl (C=O) groups excluding carboxylic acids is 2. The third kappa shape index (κ3) is 7.31. The zero-order valence-electron chi connectivity index (χ0n) is 21.8. The summed E-state index contributed by atoms with van der Waals surface area (Å²) in [5.41, 5.74) is 5.05. The molecule has 0 atom stereocenters. The molecule has 39 heavy (non-hydrogen) atoms. The van der Waals surface area contributed by atoms with Gasteiger partial charge in [-0.05, 0) is 39.8 Å². The van der Waals surface area contributed by atoms with Gasteiger partial charge in [0.25, 0.3) is 0 Å². The van der Waals surface area contributed by atoms with Crippen LogP contribution < -0.4 is 10.6 Å². The van der Waals surface area contributed by atoms with Crippen LogP contribution in [0.25, 0.3) is 0 Å². The Morgan fingerprint density at radius 2 is 1.26 bits per heavy atom. The summed E-state index contributed by atoms with van der Waals surface area (Å²) in [4.78, 5) is 22.8. The molecule has 2 N–H and O–H groups in total. The average molecular weight is 536 g/mol. The normalized spacial score (nSPS) is 10.4. The molecule has 5 heterocycles. The van der Waals surface area contributed by atoms with Crippen molar-refractivity contribution in [2.75, 3.05) is 10.6 Å². The number of carbonyl (C=O) groups is 2. The summed E-state index contributed by atoms with van der Waals surface area (Å²) in [5.74, 6) is 1.46. The van der Waals surface area contributed by atoms with Crippen LogP contribution in [0.5, 0.6) is 0 Å². The van der Waals surface area contributed by atoms with Gasteiger partial charge in [0.1, 0.15) is 11.5 Å². The number of hydrogen-bond donors (Lipinski definition) is 2. The van der Waals surface area contributed by atoms with Gasteiger partial charge in [0.2, 0.25) is 5.91 Å². The van der Waals surface area contributed by atoms with Crippen LogP contribution in [0, 0.1) is 27.7 Å². The first kappa shape index (κ1) is 28.6. The van der Waals surface area contributed by atoms with Crippen LogP contribution >= 0.6 is 0 Å². The quantitative estimate of drug-likeness (QED) is 0.321. The number of nitrogens with zero attached hydrogens (tertiary/aromatic N) is 7. The van der Waals surface area contributed by atoms with E-state index in [1.807, 2.05) is 27.7 Å². The second kappa shape index (κ2) is 12.5. The third-order valence-corrected chi connectivity index (χ3v) is 5.68. The predicted octanol–water partition coefficient (Wildman–Crippen LogP) is 4.55. The largest absolute Gasteiger partial charge is 0.361 e. The van der Waals surface area contributed by atoms with Gasteiger partial charge in [-0.2, -0.15) is 10.2 Å². The van der Waals surface area contributed by atoms with E-state index in [2.05, 4.69) is 31.1 Å². The van der Waals surface area contributed by atoms with Crippen molar-refractivity contribution < 1.29 is 18.6 Å². The average Bonchev–Trinajstić information content (AvgIpc) is 3.70. The van der Waals surface area contributed by atoms with Crippen molar-refractivity contribution in [2.45, 2.75) is 55.1 Å². The van der Waals surface area contributed by atoms with Gasteiger partial charge in [0.15, 0.2) is 0 Å². The molecule has 0 aromatic carbocycles. The molecule has 206 valence electrons. The number of aromatic nitrogens is 7. The number of aryl methyl sites for hydroxylation is 4. The first-order valence-electron chi connectivity index (χ1n) is 11.8. The number of anilines is 2. The molecule has 5 aromatic heterocycles. The van der Waals surface area contributed by atoms with E-state index in [4.69, 9.17) is 9.05 Å². The lowest BCUT2D eigenvalue weighted by atomic mass is 10.2. The minimum absolute atomic E-state index is 0. The number of amides is 2. The molecule has 0 radical (unpaired) electrons. The van der Waals surface area contributed by atoms with Crippen molar-refractivity contribution >= 4 is 23.3 Å². The van der Waals surface area contributed by atoms with E-state index in [0.717, 1.165) is 34.0 Å². The van der Waals surface area contributed by atoms with Gasteiger partial charge in [0.05, 0.1) is 48.2 Å². The molecule has 0 saturated carbocycles. The topological polar surface area (TPSA) is 151 Å². The fraction of sp³-hybridized carbons (Fsp3) is 0.308. The molecule has 0 fully saturated rings. The molecular weight excluding hydrogens is 502 g/mol. The van der Waals surface area contributed by atoms with E-state index in [-0.39, 0.29) is 19.4 Å². The van der Waals surface area contributed by atoms with Crippen LogP contribution in [0.4, 0.5) is 16.2 Å². The van der Waals surface area contributed by atoms with Gasteiger partial charge in [-0.1, -0.05) is 17.7 Å². The van der Waals surface area contributed by atoms with Gasteiger partial charge in [-0.15, -0.1) is 0 Å². The standard InChI is InChI=1S/C14H15N5O2.C11H14N4O2.CH4/c1-10-13(11(2)21-17-10)9-19-8-12(7-15-19)16-14(20)18-5-3-4-6-18;1-7-11(8(2)17-14-7)6-15-5-10(4-12-15)13-9(3)16;/h3-8H,9H2,1-2H3,(H,16,20);4-5H,6H2,1-3H3,(H,13,16);1H4. The summed E-state index contributed by atoms with van der Waals surface area (Å²) >= 11 is 0. The highest BCUT2D eigenvalue weighted by Gasteiger charge is 2.12. The molecular formula is C26H33N9O4. The summed E-state index contributed by atoms with van der Waals surface area (Å²) in [5, 5.41) is 21.6. The van der Waals surface area contributed by atoms with Crippen LogP contribution in [-0.4, -0.2) is 46.4 Å². The number of hydrogen-bond acceptors (Lipinski definition) is 8. The first-order valence-corrected chi connectivity index (χ1v) is 11.8. The van der Waals surface area contributed by atoms with Crippen LogP contribution in [-0.2, 0) is 17.9 Å². The second-order valence-electron chi connectivity index (χ2n) is 8.66. The van der Waals surface area contributed by atoms with Gasteiger partial charge in [-0.3, -0.25) is 18.7 Å². The third-order valence-electron chi connectivity index (χ3n) is 5.68. The van der Waals surface area contributed by atoms with Crippen LogP contribution in [0.2, 0.25) is 0 Å². The minimum atomic E-state index is -0.225. The smallest absolute Gasteiger partial charge is 0.330 e. The fourth-order valence-corrected chi connectivity index (χ4v) is 3.67. The van der Waals surface area contributed by atoms with Gasteiger partial charge in [0, 0.05) is 42.8 Å². The molecule has 0 saturated heterocycles. The van der Waals surface area contributed by atoms with Crippen molar-refractivity contribution in [3.05, 3.63) is 83.3 Å². The Bertz CT molecular complexity index is 1480. The van der Waals surface area contributed by atoms with E-state index in [1.54, 1.807) is 58.7 Å². The zero-order valence-corrected chi connectivity index (χ0v) is 21.8. The molecule has 0 unspecified atom stereocenters. The Labute approximate surface area is 225 Å². The van der Waals surface area contributed by atoms with Crippen molar-refractivity contribution in [3.63, 3.8) is 0 Å². The summed E-state index contributed by atoms with van der Waals surface area (Å²) in [6, 6.07) is 3.36. The lowest BCUT2D eigenvalue weighted by Gasteiger charge is -2.02. The Kier molecular flexibility index (Phi) is 9.20. The zero-order chi connectivity index (χ0) is 27.2. The van der Waals surface area contributed by atoms with Gasteiger partial charge in [-0.25, -0.2) is 4.79 Å². The summed E-state index contributed by atoms with van der Waals surface area (Å²) in [6.45, 7) is 10.1. The molecule has 5 rings (SSSR count). The molecule has 2 amide bonds. The van der Waals surface area contributed by atoms with Crippen LogP contribution in [0.1, 0.15) is 48.4 Å². The Morgan fingerprint density at radius 1 is 0.795 bits per heavy atom. The molecule has 5 aromatic rings. The molecule has 0 spiro atoms. The maximum Gasteiger partial charge on any atom is 0.330 e. The molecule has 0 aliphatic rings. The van der Waals surface area contributed by atoms with Crippen molar-refractivity contribution in [1.29, 1.82) is 0 Å². The van der Waals surface area contributed by atoms with Crippen LogP contribution in [0.3, 0.4) is 0 Å². The molecule has 13 nitrogen and oxygen atoms in total. The predicted molar refractivity (Wildman–Crippen MR) is 144 cm³/mol. The van der Waals surface area contributed by atoms with Crippen molar-refractivity contribution in [2.24, 2.45) is 0 Å². The maximum absolute atomic E-state index is 11.9. The number of rotatable bonds is 6. The first-order chi connectivity index (χ1) is 18.2. The highest BCUT2D eigenvalue weighted by atomic mass is 16.5. The number of nitrogens with one attached hydrogen (secondary N) is 2. The highest BCUT2D eigenvalue weighted by molar-refractivity contribution is 5.90. The maximum atomic E-state index is 11.9. The summed E-state index contributed by atoms with van der Waals surface area (Å²) in [7, 11) is 0. The Hall–Kier alpha value is -4.94. The van der Waals surface area contributed by atoms with E-state index in [0.29, 0.717) is 24.5 Å². The molecule has 13 heteroatoms. The second-order valence-corrected chi connectivity index (χ2v) is 8.66. The van der Waals surface area contributed by atoms with Crippen LogP contribution in [0.15, 0.2) is 58.4 Å². The SMILES string of the molecule is C.CC(=O)Nc1cnn(Cc2c(C)noc2C)c1.Cc1noc(C)c1Cn1cc(NC(=O)n2cccc2)cn1. The minimum Gasteiger partial charge on any atom is -0.361 e. The highest BCUT2D eigenvalue weighted by Crippen LogP contribution is 2.16. The molecule has 0 aliphatic carbocycles. The molecule has 0 bridgehead atoms.